The zero-order valence-electron chi connectivity index (χ0n) is 22.1. The Morgan fingerprint density at radius 1 is 0.921 bits per heavy atom. The predicted molar refractivity (Wildman–Crippen MR) is 152 cm³/mol. The highest BCUT2D eigenvalue weighted by Gasteiger charge is 2.33. The molecule has 0 bridgehead atoms. The van der Waals surface area contributed by atoms with Crippen molar-refractivity contribution in [1.82, 2.24) is 10.2 Å². The van der Waals surface area contributed by atoms with E-state index in [4.69, 9.17) is 11.6 Å². The lowest BCUT2D eigenvalue weighted by Gasteiger charge is -2.33. The van der Waals surface area contributed by atoms with E-state index in [2.05, 4.69) is 5.32 Å². The molecule has 0 saturated carbocycles. The fourth-order valence-electron chi connectivity index (χ4n) is 4.22. The van der Waals surface area contributed by atoms with Crippen LogP contribution in [0.15, 0.2) is 77.7 Å². The summed E-state index contributed by atoms with van der Waals surface area (Å²) in [6, 6.07) is 19.7. The number of rotatable bonds is 11. The zero-order valence-corrected chi connectivity index (χ0v) is 23.7. The predicted octanol–water partition coefficient (Wildman–Crippen LogP) is 5.10. The number of amides is 2. The molecule has 1 unspecified atom stereocenters. The van der Waals surface area contributed by atoms with Gasteiger partial charge in [-0.3, -0.25) is 13.9 Å². The van der Waals surface area contributed by atoms with Gasteiger partial charge in [0.15, 0.2) is 0 Å². The van der Waals surface area contributed by atoms with E-state index in [1.807, 2.05) is 52.0 Å². The summed E-state index contributed by atoms with van der Waals surface area (Å²) < 4.78 is 28.7. The Balaban J connectivity index is 2.06. The van der Waals surface area contributed by atoms with Crippen LogP contribution < -0.4 is 9.62 Å². The summed E-state index contributed by atoms with van der Waals surface area (Å²) in [6.45, 7) is 7.52. The number of aryl methyl sites for hydroxylation is 2. The standard InChI is InChI=1S/C29H34ClN3O4S/c1-5-27(29(35)31-6-2)32(19-23-10-7-9-22(4)17-23)28(34)20-33(25-12-8-11-24(30)18-25)38(36,37)26-15-13-21(3)14-16-26/h7-18,27H,5-6,19-20H2,1-4H3,(H,31,35). The third-order valence-corrected chi connectivity index (χ3v) is 8.18. The maximum atomic E-state index is 13.9. The van der Waals surface area contributed by atoms with Gasteiger partial charge >= 0.3 is 0 Å². The van der Waals surface area contributed by atoms with Gasteiger partial charge in [0, 0.05) is 18.1 Å². The van der Waals surface area contributed by atoms with Crippen molar-refractivity contribution in [3.63, 3.8) is 0 Å². The number of hydrogen-bond donors (Lipinski definition) is 1. The van der Waals surface area contributed by atoms with E-state index in [9.17, 15) is 18.0 Å². The molecule has 0 aliphatic rings. The van der Waals surface area contributed by atoms with Gasteiger partial charge in [0.05, 0.1) is 10.6 Å². The van der Waals surface area contributed by atoms with Crippen LogP contribution in [0.5, 0.6) is 0 Å². The van der Waals surface area contributed by atoms with Gasteiger partial charge in [0.2, 0.25) is 11.8 Å². The van der Waals surface area contributed by atoms with Crippen LogP contribution in [-0.2, 0) is 26.2 Å². The van der Waals surface area contributed by atoms with Crippen LogP contribution >= 0.6 is 11.6 Å². The minimum atomic E-state index is -4.13. The Labute approximate surface area is 230 Å². The lowest BCUT2D eigenvalue weighted by Crippen LogP contribution is -2.52. The van der Waals surface area contributed by atoms with Crippen molar-refractivity contribution in [2.75, 3.05) is 17.4 Å². The highest BCUT2D eigenvalue weighted by atomic mass is 35.5. The molecule has 0 aliphatic heterocycles. The fourth-order valence-corrected chi connectivity index (χ4v) is 5.81. The maximum absolute atomic E-state index is 13.9. The lowest BCUT2D eigenvalue weighted by atomic mass is 10.1. The zero-order chi connectivity index (χ0) is 27.9. The number of halogens is 1. The van der Waals surface area contributed by atoms with E-state index >= 15 is 0 Å². The van der Waals surface area contributed by atoms with E-state index in [0.717, 1.165) is 21.0 Å². The number of sulfonamides is 1. The van der Waals surface area contributed by atoms with Gasteiger partial charge in [-0.05, 0) is 63.1 Å². The van der Waals surface area contributed by atoms with Gasteiger partial charge in [0.1, 0.15) is 12.6 Å². The number of carbonyl (C=O) groups is 2. The van der Waals surface area contributed by atoms with E-state index in [-0.39, 0.29) is 23.0 Å². The Bertz CT molecular complexity index is 1380. The molecule has 2 amide bonds. The molecule has 7 nitrogen and oxygen atoms in total. The average molecular weight is 556 g/mol. The maximum Gasteiger partial charge on any atom is 0.264 e. The number of hydrogen-bond acceptors (Lipinski definition) is 4. The second kappa shape index (κ2) is 12.9. The number of likely N-dealkylation sites (N-methyl/N-ethyl adjacent to an activating group) is 1. The molecule has 0 fully saturated rings. The number of benzene rings is 3. The van der Waals surface area contributed by atoms with Gasteiger partial charge in [-0.15, -0.1) is 0 Å². The normalized spacial score (nSPS) is 12.0. The third-order valence-electron chi connectivity index (χ3n) is 6.16. The molecule has 9 heteroatoms. The van der Waals surface area contributed by atoms with Crippen molar-refractivity contribution in [3.8, 4) is 0 Å². The summed E-state index contributed by atoms with van der Waals surface area (Å²) in [4.78, 5) is 28.4. The van der Waals surface area contributed by atoms with Gasteiger partial charge in [-0.1, -0.05) is 72.1 Å². The van der Waals surface area contributed by atoms with Crippen LogP contribution in [0, 0.1) is 13.8 Å². The van der Waals surface area contributed by atoms with Crippen molar-refractivity contribution >= 4 is 39.1 Å². The van der Waals surface area contributed by atoms with Gasteiger partial charge in [-0.2, -0.15) is 0 Å². The Hall–Kier alpha value is -3.36. The van der Waals surface area contributed by atoms with Crippen LogP contribution in [0.3, 0.4) is 0 Å². The minimum Gasteiger partial charge on any atom is -0.355 e. The summed E-state index contributed by atoms with van der Waals surface area (Å²) >= 11 is 6.21. The molecule has 3 aromatic rings. The minimum absolute atomic E-state index is 0.0527. The summed E-state index contributed by atoms with van der Waals surface area (Å²) in [5, 5.41) is 3.14. The van der Waals surface area contributed by atoms with Crippen LogP contribution in [0.25, 0.3) is 0 Å². The van der Waals surface area contributed by atoms with Crippen LogP contribution in [0.2, 0.25) is 5.02 Å². The molecule has 0 saturated heterocycles. The first-order valence-corrected chi connectivity index (χ1v) is 14.4. The second-order valence-electron chi connectivity index (χ2n) is 9.13. The fraction of sp³-hybridized carbons (Fsp3) is 0.310. The molecule has 0 radical (unpaired) electrons. The van der Waals surface area contributed by atoms with Crippen molar-refractivity contribution < 1.29 is 18.0 Å². The number of anilines is 1. The summed E-state index contributed by atoms with van der Waals surface area (Å²) in [6.07, 6.45) is 0.366. The second-order valence-corrected chi connectivity index (χ2v) is 11.4. The summed E-state index contributed by atoms with van der Waals surface area (Å²) in [5.41, 5.74) is 3.03. The molecule has 3 aromatic carbocycles. The Morgan fingerprint density at radius 3 is 2.21 bits per heavy atom. The quantitative estimate of drug-likeness (QED) is 0.357. The molecule has 38 heavy (non-hydrogen) atoms. The molecule has 0 aliphatic carbocycles. The number of carbonyl (C=O) groups excluding carboxylic acids is 2. The Morgan fingerprint density at radius 2 is 1.61 bits per heavy atom. The van der Waals surface area contributed by atoms with E-state index in [0.29, 0.717) is 18.0 Å². The smallest absolute Gasteiger partial charge is 0.264 e. The number of nitrogens with one attached hydrogen (secondary N) is 1. The van der Waals surface area contributed by atoms with Crippen LogP contribution in [0.1, 0.15) is 37.0 Å². The monoisotopic (exact) mass is 555 g/mol. The molecule has 1 atom stereocenters. The van der Waals surface area contributed by atoms with Crippen LogP contribution in [0.4, 0.5) is 5.69 Å². The third kappa shape index (κ3) is 7.14. The van der Waals surface area contributed by atoms with E-state index in [1.54, 1.807) is 30.3 Å². The van der Waals surface area contributed by atoms with E-state index < -0.39 is 28.5 Å². The van der Waals surface area contributed by atoms with Crippen molar-refractivity contribution in [2.45, 2.75) is 51.6 Å². The molecule has 0 aromatic heterocycles. The Kier molecular flexibility index (Phi) is 9.94. The lowest BCUT2D eigenvalue weighted by molar-refractivity contribution is -0.140. The first-order valence-electron chi connectivity index (χ1n) is 12.5. The molecule has 0 heterocycles. The molecule has 1 N–H and O–H groups in total. The largest absolute Gasteiger partial charge is 0.355 e. The molecular weight excluding hydrogens is 522 g/mol. The van der Waals surface area contributed by atoms with Crippen molar-refractivity contribution in [2.24, 2.45) is 0 Å². The molecule has 202 valence electrons. The summed E-state index contributed by atoms with van der Waals surface area (Å²) in [7, 11) is -4.13. The molecule has 0 spiro atoms. The van der Waals surface area contributed by atoms with Crippen LogP contribution in [-0.4, -0.2) is 44.3 Å². The molecular formula is C29H34ClN3O4S. The first kappa shape index (κ1) is 29.2. The van der Waals surface area contributed by atoms with E-state index in [1.165, 1.54) is 23.1 Å². The van der Waals surface area contributed by atoms with Gasteiger partial charge < -0.3 is 10.2 Å². The van der Waals surface area contributed by atoms with Crippen molar-refractivity contribution in [3.05, 3.63) is 94.5 Å². The van der Waals surface area contributed by atoms with Gasteiger partial charge in [-0.25, -0.2) is 8.42 Å². The highest BCUT2D eigenvalue weighted by molar-refractivity contribution is 7.92. The molecule has 3 rings (SSSR count). The summed E-state index contributed by atoms with van der Waals surface area (Å²) in [5.74, 6) is -0.785. The SMILES string of the molecule is CCNC(=O)C(CC)N(Cc1cccc(C)c1)C(=O)CN(c1cccc(Cl)c1)S(=O)(=O)c1ccc(C)cc1. The topological polar surface area (TPSA) is 86.8 Å². The average Bonchev–Trinajstić information content (AvgIpc) is 2.87. The first-order chi connectivity index (χ1) is 18.1. The highest BCUT2D eigenvalue weighted by Crippen LogP contribution is 2.27. The van der Waals surface area contributed by atoms with Crippen molar-refractivity contribution in [1.29, 1.82) is 0 Å². The number of nitrogens with zero attached hydrogens (tertiary/aromatic N) is 2. The van der Waals surface area contributed by atoms with Gasteiger partial charge in [0.25, 0.3) is 10.0 Å².